The number of methoxy groups -OCH3 is 1. The number of carbonyl (C=O) groups is 1. The topological polar surface area (TPSA) is 55.8 Å². The molecule has 0 saturated carbocycles. The summed E-state index contributed by atoms with van der Waals surface area (Å²) in [5.41, 5.74) is 0. The van der Waals surface area contributed by atoms with Gasteiger partial charge >= 0.3 is 5.97 Å². The van der Waals surface area contributed by atoms with E-state index in [2.05, 4.69) is 4.74 Å². The average molecular weight is 216 g/mol. The summed E-state index contributed by atoms with van der Waals surface area (Å²) in [5.74, 6) is -0.530. The molecular formula is C11H20O4. The molecular weight excluding hydrogens is 196 g/mol. The molecule has 0 aliphatic carbocycles. The van der Waals surface area contributed by atoms with Crippen molar-refractivity contribution < 1.29 is 19.4 Å². The summed E-state index contributed by atoms with van der Waals surface area (Å²) < 4.78 is 9.91. The molecule has 0 aromatic rings. The van der Waals surface area contributed by atoms with Crippen LogP contribution in [-0.4, -0.2) is 37.5 Å². The molecule has 4 heteroatoms. The van der Waals surface area contributed by atoms with Crippen LogP contribution < -0.4 is 0 Å². The van der Waals surface area contributed by atoms with Crippen molar-refractivity contribution in [3.8, 4) is 0 Å². The lowest BCUT2D eigenvalue weighted by molar-refractivity contribution is -0.152. The Labute approximate surface area is 90.6 Å². The van der Waals surface area contributed by atoms with Gasteiger partial charge in [0, 0.05) is 13.2 Å². The van der Waals surface area contributed by atoms with Gasteiger partial charge < -0.3 is 14.6 Å². The number of hydrogen-bond donors (Lipinski definition) is 1. The van der Waals surface area contributed by atoms with Gasteiger partial charge in [0.05, 0.1) is 19.1 Å². The maximum absolute atomic E-state index is 11.4. The Bertz CT molecular complexity index is 199. The van der Waals surface area contributed by atoms with Gasteiger partial charge in [-0.3, -0.25) is 4.79 Å². The van der Waals surface area contributed by atoms with Crippen LogP contribution in [0.2, 0.25) is 0 Å². The fourth-order valence-corrected chi connectivity index (χ4v) is 2.08. The van der Waals surface area contributed by atoms with Crippen molar-refractivity contribution in [1.82, 2.24) is 0 Å². The molecule has 2 unspecified atom stereocenters. The van der Waals surface area contributed by atoms with Crippen molar-refractivity contribution in [2.24, 2.45) is 11.8 Å². The van der Waals surface area contributed by atoms with Crippen LogP contribution in [0.5, 0.6) is 0 Å². The third-order valence-corrected chi connectivity index (χ3v) is 3.10. The van der Waals surface area contributed by atoms with E-state index in [9.17, 15) is 9.90 Å². The number of hydrogen-bond acceptors (Lipinski definition) is 4. The molecule has 88 valence electrons. The zero-order chi connectivity index (χ0) is 11.3. The van der Waals surface area contributed by atoms with Crippen molar-refractivity contribution >= 4 is 5.97 Å². The second-order valence-electron chi connectivity index (χ2n) is 3.98. The summed E-state index contributed by atoms with van der Waals surface area (Å²) in [6.07, 6.45) is 1.68. The van der Waals surface area contributed by atoms with Gasteiger partial charge in [-0.2, -0.15) is 0 Å². The highest BCUT2D eigenvalue weighted by molar-refractivity contribution is 5.72. The molecule has 0 amide bonds. The van der Waals surface area contributed by atoms with Crippen molar-refractivity contribution in [2.75, 3.05) is 20.3 Å². The van der Waals surface area contributed by atoms with Crippen molar-refractivity contribution in [3.05, 3.63) is 0 Å². The Morgan fingerprint density at radius 1 is 1.53 bits per heavy atom. The van der Waals surface area contributed by atoms with Gasteiger partial charge in [0.2, 0.25) is 0 Å². The molecule has 0 bridgehead atoms. The van der Waals surface area contributed by atoms with E-state index in [1.807, 2.05) is 6.92 Å². The molecule has 0 radical (unpaired) electrons. The van der Waals surface area contributed by atoms with Crippen LogP contribution in [0, 0.1) is 11.8 Å². The third-order valence-electron chi connectivity index (χ3n) is 3.10. The van der Waals surface area contributed by atoms with Crippen LogP contribution in [0.4, 0.5) is 0 Å². The first kappa shape index (κ1) is 12.5. The lowest BCUT2D eigenvalue weighted by Crippen LogP contribution is -2.37. The Kier molecular flexibility index (Phi) is 5.05. The zero-order valence-electron chi connectivity index (χ0n) is 9.44. The smallest absolute Gasteiger partial charge is 0.311 e. The van der Waals surface area contributed by atoms with E-state index < -0.39 is 12.0 Å². The van der Waals surface area contributed by atoms with E-state index in [4.69, 9.17) is 4.74 Å². The van der Waals surface area contributed by atoms with E-state index in [0.717, 1.165) is 12.8 Å². The van der Waals surface area contributed by atoms with Gasteiger partial charge in [0.25, 0.3) is 0 Å². The van der Waals surface area contributed by atoms with Crippen molar-refractivity contribution in [1.29, 1.82) is 0 Å². The molecule has 1 saturated heterocycles. The molecule has 1 heterocycles. The van der Waals surface area contributed by atoms with E-state index in [0.29, 0.717) is 19.6 Å². The first-order chi connectivity index (χ1) is 7.20. The van der Waals surface area contributed by atoms with E-state index in [-0.39, 0.29) is 11.9 Å². The molecule has 0 aromatic carbocycles. The molecule has 1 N–H and O–H groups in total. The predicted molar refractivity (Wildman–Crippen MR) is 55.3 cm³/mol. The lowest BCUT2D eigenvalue weighted by atomic mass is 9.84. The monoisotopic (exact) mass is 216 g/mol. The molecule has 1 aliphatic rings. The minimum Gasteiger partial charge on any atom is -0.469 e. The van der Waals surface area contributed by atoms with E-state index in [1.165, 1.54) is 7.11 Å². The van der Waals surface area contributed by atoms with Gasteiger partial charge in [0.15, 0.2) is 0 Å². The van der Waals surface area contributed by atoms with Crippen LogP contribution >= 0.6 is 0 Å². The Morgan fingerprint density at radius 3 is 2.60 bits per heavy atom. The summed E-state index contributed by atoms with van der Waals surface area (Å²) >= 11 is 0. The molecule has 15 heavy (non-hydrogen) atoms. The number of rotatable bonds is 4. The van der Waals surface area contributed by atoms with Crippen LogP contribution in [0.15, 0.2) is 0 Å². The van der Waals surface area contributed by atoms with Crippen molar-refractivity contribution in [2.45, 2.75) is 32.3 Å². The molecule has 2 atom stereocenters. The molecule has 1 fully saturated rings. The van der Waals surface area contributed by atoms with Crippen LogP contribution in [0.3, 0.4) is 0 Å². The first-order valence-corrected chi connectivity index (χ1v) is 5.54. The van der Waals surface area contributed by atoms with Crippen LogP contribution in [-0.2, 0) is 14.3 Å². The quantitative estimate of drug-likeness (QED) is 0.711. The Hall–Kier alpha value is -0.610. The van der Waals surface area contributed by atoms with Gasteiger partial charge in [-0.15, -0.1) is 0 Å². The fourth-order valence-electron chi connectivity index (χ4n) is 2.08. The van der Waals surface area contributed by atoms with E-state index >= 15 is 0 Å². The molecule has 1 rings (SSSR count). The largest absolute Gasteiger partial charge is 0.469 e. The average Bonchev–Trinajstić information content (AvgIpc) is 2.30. The minimum absolute atomic E-state index is 0.169. The second kappa shape index (κ2) is 6.08. The zero-order valence-corrected chi connectivity index (χ0v) is 9.44. The number of esters is 1. The standard InChI is InChI=1S/C11H20O4/c1-3-9(11(13)14-2)10(12)8-4-6-15-7-5-8/h8-10,12H,3-7H2,1-2H3. The number of aliphatic hydroxyl groups excluding tert-OH is 1. The normalized spacial score (nSPS) is 22.1. The Morgan fingerprint density at radius 2 is 2.13 bits per heavy atom. The third kappa shape index (κ3) is 3.18. The summed E-state index contributed by atoms with van der Waals surface area (Å²) in [5, 5.41) is 10.1. The fraction of sp³-hybridized carbons (Fsp3) is 0.909. The molecule has 4 nitrogen and oxygen atoms in total. The maximum atomic E-state index is 11.4. The van der Waals surface area contributed by atoms with Gasteiger partial charge in [0.1, 0.15) is 0 Å². The van der Waals surface area contributed by atoms with Gasteiger partial charge in [-0.1, -0.05) is 6.92 Å². The summed E-state index contributed by atoms with van der Waals surface area (Å²) in [6, 6.07) is 0. The molecule has 0 spiro atoms. The van der Waals surface area contributed by atoms with Gasteiger partial charge in [-0.05, 0) is 25.2 Å². The van der Waals surface area contributed by atoms with Crippen LogP contribution in [0.1, 0.15) is 26.2 Å². The SMILES string of the molecule is CCC(C(=O)OC)C(O)C1CCOCC1. The highest BCUT2D eigenvalue weighted by atomic mass is 16.5. The summed E-state index contributed by atoms with van der Waals surface area (Å²) in [7, 11) is 1.36. The van der Waals surface area contributed by atoms with Crippen molar-refractivity contribution in [3.63, 3.8) is 0 Å². The summed E-state index contributed by atoms with van der Waals surface area (Å²) in [4.78, 5) is 11.4. The highest BCUT2D eigenvalue weighted by Crippen LogP contribution is 2.25. The molecule has 0 aromatic heterocycles. The highest BCUT2D eigenvalue weighted by Gasteiger charge is 2.33. The van der Waals surface area contributed by atoms with Gasteiger partial charge in [-0.25, -0.2) is 0 Å². The Balaban J connectivity index is 2.54. The predicted octanol–water partition coefficient (Wildman–Crippen LogP) is 0.973. The number of carbonyl (C=O) groups excluding carboxylic acids is 1. The minimum atomic E-state index is -0.591. The lowest BCUT2D eigenvalue weighted by Gasteiger charge is -2.30. The number of ether oxygens (including phenoxy) is 2. The first-order valence-electron chi connectivity index (χ1n) is 5.54. The van der Waals surface area contributed by atoms with E-state index in [1.54, 1.807) is 0 Å². The maximum Gasteiger partial charge on any atom is 0.311 e. The number of aliphatic hydroxyl groups is 1. The second-order valence-corrected chi connectivity index (χ2v) is 3.98. The molecule has 1 aliphatic heterocycles. The van der Waals surface area contributed by atoms with Crippen LogP contribution in [0.25, 0.3) is 0 Å². The summed E-state index contributed by atoms with van der Waals surface area (Å²) in [6.45, 7) is 3.25.